The van der Waals surface area contributed by atoms with E-state index in [0.717, 1.165) is 23.0 Å². The van der Waals surface area contributed by atoms with Crippen LogP contribution < -0.4 is 0 Å². The van der Waals surface area contributed by atoms with Crippen LogP contribution in [0.1, 0.15) is 52.4 Å². The maximum atomic E-state index is 4.51. The Morgan fingerprint density at radius 1 is 1.06 bits per heavy atom. The third kappa shape index (κ3) is 3.41. The fourth-order valence-corrected chi connectivity index (χ4v) is 4.18. The van der Waals surface area contributed by atoms with Gasteiger partial charge in [0.05, 0.1) is 0 Å². The number of likely N-dealkylation sites (tertiary alicyclic amines) is 1. The molecule has 0 aromatic carbocycles. The Kier molecular flexibility index (Phi) is 4.82. The number of thiol groups is 1. The van der Waals surface area contributed by atoms with Crippen molar-refractivity contribution in [3.63, 3.8) is 0 Å². The lowest BCUT2D eigenvalue weighted by Gasteiger charge is -2.41. The maximum absolute atomic E-state index is 4.51. The van der Waals surface area contributed by atoms with Gasteiger partial charge >= 0.3 is 0 Å². The standard InChI is InChI=1S/C15H29NS/c1-13(2)14(12-17)11-16-9-7-15(8-10-16)5-3-4-6-15/h13-14,17H,3-12H2,1-2H3. The second-order valence-corrected chi connectivity index (χ2v) is 7.06. The van der Waals surface area contributed by atoms with Gasteiger partial charge in [0.15, 0.2) is 0 Å². The predicted molar refractivity (Wildman–Crippen MR) is 78.8 cm³/mol. The summed E-state index contributed by atoms with van der Waals surface area (Å²) in [6.07, 6.45) is 8.94. The first kappa shape index (κ1) is 13.7. The summed E-state index contributed by atoms with van der Waals surface area (Å²) in [6, 6.07) is 0. The van der Waals surface area contributed by atoms with E-state index >= 15 is 0 Å². The highest BCUT2D eigenvalue weighted by Gasteiger charge is 2.37. The molecule has 1 aliphatic carbocycles. The van der Waals surface area contributed by atoms with Gasteiger partial charge in [0, 0.05) is 6.54 Å². The Morgan fingerprint density at radius 3 is 2.12 bits per heavy atom. The van der Waals surface area contributed by atoms with Gasteiger partial charge in [-0.2, -0.15) is 12.6 Å². The monoisotopic (exact) mass is 255 g/mol. The van der Waals surface area contributed by atoms with Crippen LogP contribution in [0.15, 0.2) is 0 Å². The summed E-state index contributed by atoms with van der Waals surface area (Å²) in [7, 11) is 0. The number of hydrogen-bond donors (Lipinski definition) is 1. The number of rotatable bonds is 4. The molecule has 0 radical (unpaired) electrons. The molecule has 1 atom stereocenters. The van der Waals surface area contributed by atoms with Gasteiger partial charge in [0.25, 0.3) is 0 Å². The van der Waals surface area contributed by atoms with Gasteiger partial charge in [0.2, 0.25) is 0 Å². The number of piperidine rings is 1. The normalized spacial score (nSPS) is 26.8. The minimum absolute atomic E-state index is 0.769. The van der Waals surface area contributed by atoms with Crippen molar-refractivity contribution in [2.75, 3.05) is 25.4 Å². The molecule has 0 bridgehead atoms. The lowest BCUT2D eigenvalue weighted by Crippen LogP contribution is -2.42. The fourth-order valence-electron chi connectivity index (χ4n) is 3.65. The van der Waals surface area contributed by atoms with Crippen molar-refractivity contribution in [3.05, 3.63) is 0 Å². The molecule has 1 nitrogen and oxygen atoms in total. The number of nitrogens with zero attached hydrogens (tertiary/aromatic N) is 1. The minimum atomic E-state index is 0.769. The molecule has 1 aliphatic heterocycles. The van der Waals surface area contributed by atoms with E-state index in [1.54, 1.807) is 0 Å². The van der Waals surface area contributed by atoms with E-state index in [0.29, 0.717) is 0 Å². The molecule has 0 amide bonds. The smallest absolute Gasteiger partial charge is 0.00199 e. The van der Waals surface area contributed by atoms with Crippen molar-refractivity contribution in [1.82, 2.24) is 4.90 Å². The molecule has 2 fully saturated rings. The van der Waals surface area contributed by atoms with E-state index in [1.165, 1.54) is 58.2 Å². The average molecular weight is 255 g/mol. The van der Waals surface area contributed by atoms with Crippen LogP contribution in [0.5, 0.6) is 0 Å². The molecule has 1 heterocycles. The second kappa shape index (κ2) is 5.97. The first-order chi connectivity index (χ1) is 8.15. The molecule has 2 aliphatic rings. The molecule has 0 N–H and O–H groups in total. The SMILES string of the molecule is CC(C)C(CS)CN1CCC2(CCCC2)CC1. The molecule has 1 spiro atoms. The summed E-state index contributed by atoms with van der Waals surface area (Å²) in [4.78, 5) is 2.70. The van der Waals surface area contributed by atoms with Crippen LogP contribution >= 0.6 is 12.6 Å². The zero-order chi connectivity index (χ0) is 12.3. The van der Waals surface area contributed by atoms with Gasteiger partial charge in [-0.3, -0.25) is 0 Å². The summed E-state index contributed by atoms with van der Waals surface area (Å²) in [5.41, 5.74) is 0.769. The Hall–Kier alpha value is 0.310. The average Bonchev–Trinajstić information content (AvgIpc) is 2.77. The highest BCUT2D eigenvalue weighted by atomic mass is 32.1. The van der Waals surface area contributed by atoms with E-state index in [1.807, 2.05) is 0 Å². The van der Waals surface area contributed by atoms with Gasteiger partial charge in [-0.25, -0.2) is 0 Å². The summed E-state index contributed by atoms with van der Waals surface area (Å²) >= 11 is 4.51. The first-order valence-electron chi connectivity index (χ1n) is 7.48. The van der Waals surface area contributed by atoms with Crippen LogP contribution in [0.25, 0.3) is 0 Å². The van der Waals surface area contributed by atoms with Crippen molar-refractivity contribution in [2.24, 2.45) is 17.3 Å². The summed E-state index contributed by atoms with van der Waals surface area (Å²) in [5.74, 6) is 2.59. The van der Waals surface area contributed by atoms with Crippen LogP contribution in [0, 0.1) is 17.3 Å². The van der Waals surface area contributed by atoms with E-state index in [9.17, 15) is 0 Å². The molecule has 2 heteroatoms. The summed E-state index contributed by atoms with van der Waals surface area (Å²) in [5, 5.41) is 0. The minimum Gasteiger partial charge on any atom is -0.303 e. The third-order valence-electron chi connectivity index (χ3n) is 5.25. The summed E-state index contributed by atoms with van der Waals surface area (Å²) < 4.78 is 0. The van der Waals surface area contributed by atoms with E-state index in [2.05, 4.69) is 31.4 Å². The molecule has 0 aromatic heterocycles. The van der Waals surface area contributed by atoms with Gasteiger partial charge in [-0.15, -0.1) is 0 Å². The maximum Gasteiger partial charge on any atom is 0.00199 e. The highest BCUT2D eigenvalue weighted by molar-refractivity contribution is 7.80. The van der Waals surface area contributed by atoms with E-state index in [-0.39, 0.29) is 0 Å². The number of hydrogen-bond acceptors (Lipinski definition) is 2. The van der Waals surface area contributed by atoms with Crippen LogP contribution in [0.2, 0.25) is 0 Å². The lowest BCUT2D eigenvalue weighted by atomic mass is 9.77. The molecule has 2 rings (SSSR count). The van der Waals surface area contributed by atoms with E-state index in [4.69, 9.17) is 0 Å². The molecule has 1 saturated carbocycles. The van der Waals surface area contributed by atoms with Crippen molar-refractivity contribution in [1.29, 1.82) is 0 Å². The fraction of sp³-hybridized carbons (Fsp3) is 1.00. The molecule has 1 unspecified atom stereocenters. The van der Waals surface area contributed by atoms with Gasteiger partial charge in [-0.1, -0.05) is 26.7 Å². The molecular formula is C15H29NS. The Balaban J connectivity index is 1.78. The van der Waals surface area contributed by atoms with Crippen LogP contribution in [0.3, 0.4) is 0 Å². The Bertz CT molecular complexity index is 223. The topological polar surface area (TPSA) is 3.24 Å². The zero-order valence-corrected chi connectivity index (χ0v) is 12.5. The van der Waals surface area contributed by atoms with Crippen molar-refractivity contribution in [3.8, 4) is 0 Å². The van der Waals surface area contributed by atoms with E-state index < -0.39 is 0 Å². The second-order valence-electron chi connectivity index (χ2n) is 6.69. The van der Waals surface area contributed by atoms with Crippen molar-refractivity contribution >= 4 is 12.6 Å². The zero-order valence-electron chi connectivity index (χ0n) is 11.6. The predicted octanol–water partition coefficient (Wildman–Crippen LogP) is 3.84. The lowest BCUT2D eigenvalue weighted by molar-refractivity contribution is 0.0924. The van der Waals surface area contributed by atoms with Crippen molar-refractivity contribution in [2.45, 2.75) is 52.4 Å². The Morgan fingerprint density at radius 2 is 1.65 bits per heavy atom. The third-order valence-corrected chi connectivity index (χ3v) is 5.72. The largest absolute Gasteiger partial charge is 0.303 e. The summed E-state index contributed by atoms with van der Waals surface area (Å²) in [6.45, 7) is 8.64. The Labute approximate surface area is 113 Å². The van der Waals surface area contributed by atoms with Gasteiger partial charge < -0.3 is 4.90 Å². The molecule has 0 aromatic rings. The quantitative estimate of drug-likeness (QED) is 0.747. The molecular weight excluding hydrogens is 226 g/mol. The van der Waals surface area contributed by atoms with Crippen LogP contribution in [-0.4, -0.2) is 30.3 Å². The van der Waals surface area contributed by atoms with Crippen LogP contribution in [0.4, 0.5) is 0 Å². The molecule has 17 heavy (non-hydrogen) atoms. The first-order valence-corrected chi connectivity index (χ1v) is 8.12. The van der Waals surface area contributed by atoms with Crippen LogP contribution in [-0.2, 0) is 0 Å². The van der Waals surface area contributed by atoms with Gasteiger partial charge in [-0.05, 0) is 61.8 Å². The molecule has 100 valence electrons. The highest BCUT2D eigenvalue weighted by Crippen LogP contribution is 2.46. The van der Waals surface area contributed by atoms with Gasteiger partial charge in [0.1, 0.15) is 0 Å². The van der Waals surface area contributed by atoms with Crippen molar-refractivity contribution < 1.29 is 0 Å². The molecule has 1 saturated heterocycles.